The highest BCUT2D eigenvalue weighted by molar-refractivity contribution is 5.59. The van der Waals surface area contributed by atoms with Gasteiger partial charge in [0.1, 0.15) is 0 Å². The maximum atomic E-state index is 12.1. The fourth-order valence-electron chi connectivity index (χ4n) is 1.35. The molecule has 0 saturated heterocycles. The van der Waals surface area contributed by atoms with Crippen LogP contribution in [0.25, 0.3) is 6.08 Å². The zero-order valence-corrected chi connectivity index (χ0v) is 10.2. The first-order valence-electron chi connectivity index (χ1n) is 5.74. The van der Waals surface area contributed by atoms with Crippen LogP contribution in [0.3, 0.4) is 0 Å². The molecule has 0 aliphatic rings. The molecule has 0 saturated carbocycles. The molecular formula is C15H12F3N. The predicted molar refractivity (Wildman–Crippen MR) is 67.9 cm³/mol. The molecule has 1 rings (SSSR count). The van der Waals surface area contributed by atoms with Crippen molar-refractivity contribution in [2.24, 2.45) is 0 Å². The average molecular weight is 263 g/mol. The standard InChI is InChI=1S/C15H12F3N/c16-15(17,18)11-10-14-9-5-4-8-13(14)7-3-1-2-6-12-19/h4-5,8-11H,1-2,6H2/b11-10-. The smallest absolute Gasteiger partial charge is 0.198 e. The van der Waals surface area contributed by atoms with Gasteiger partial charge in [-0.05, 0) is 24.1 Å². The summed E-state index contributed by atoms with van der Waals surface area (Å²) in [5.74, 6) is 5.69. The third kappa shape index (κ3) is 6.33. The molecule has 0 amide bonds. The van der Waals surface area contributed by atoms with E-state index in [1.54, 1.807) is 24.3 Å². The fourth-order valence-corrected chi connectivity index (χ4v) is 1.35. The summed E-state index contributed by atoms with van der Waals surface area (Å²) < 4.78 is 36.3. The van der Waals surface area contributed by atoms with E-state index in [9.17, 15) is 13.2 Å². The maximum Gasteiger partial charge on any atom is 0.409 e. The van der Waals surface area contributed by atoms with Gasteiger partial charge in [-0.15, -0.1) is 0 Å². The van der Waals surface area contributed by atoms with E-state index in [1.807, 2.05) is 6.07 Å². The topological polar surface area (TPSA) is 23.8 Å². The second-order valence-corrected chi connectivity index (χ2v) is 3.78. The van der Waals surface area contributed by atoms with Crippen molar-refractivity contribution in [2.75, 3.05) is 0 Å². The van der Waals surface area contributed by atoms with Crippen molar-refractivity contribution in [1.82, 2.24) is 0 Å². The summed E-state index contributed by atoms with van der Waals surface area (Å²) >= 11 is 0. The Hall–Kier alpha value is -2.20. The molecule has 0 fully saturated rings. The van der Waals surface area contributed by atoms with E-state index < -0.39 is 6.18 Å². The van der Waals surface area contributed by atoms with Crippen molar-refractivity contribution < 1.29 is 13.2 Å². The Bertz CT molecular complexity index is 539. The molecular weight excluding hydrogens is 251 g/mol. The lowest BCUT2D eigenvalue weighted by Gasteiger charge is -2.00. The molecule has 4 heteroatoms. The highest BCUT2D eigenvalue weighted by atomic mass is 19.4. The Balaban J connectivity index is 2.79. The van der Waals surface area contributed by atoms with Gasteiger partial charge in [0.2, 0.25) is 0 Å². The van der Waals surface area contributed by atoms with Crippen molar-refractivity contribution in [3.05, 3.63) is 41.5 Å². The van der Waals surface area contributed by atoms with Gasteiger partial charge in [-0.2, -0.15) is 18.4 Å². The van der Waals surface area contributed by atoms with Crippen LogP contribution in [-0.4, -0.2) is 6.18 Å². The molecule has 0 heterocycles. The Morgan fingerprint density at radius 1 is 1.16 bits per heavy atom. The van der Waals surface area contributed by atoms with Gasteiger partial charge in [0.15, 0.2) is 0 Å². The number of nitriles is 1. The minimum Gasteiger partial charge on any atom is -0.198 e. The Labute approximate surface area is 110 Å². The van der Waals surface area contributed by atoms with Crippen LogP contribution in [0.4, 0.5) is 13.2 Å². The van der Waals surface area contributed by atoms with Crippen LogP contribution in [0.15, 0.2) is 30.3 Å². The third-order valence-corrected chi connectivity index (χ3v) is 2.23. The van der Waals surface area contributed by atoms with Crippen molar-refractivity contribution in [3.63, 3.8) is 0 Å². The predicted octanol–water partition coefficient (Wildman–Crippen LogP) is 4.31. The summed E-state index contributed by atoms with van der Waals surface area (Å²) in [7, 11) is 0. The lowest BCUT2D eigenvalue weighted by atomic mass is 10.1. The monoisotopic (exact) mass is 263 g/mol. The van der Waals surface area contributed by atoms with Crippen LogP contribution in [0, 0.1) is 23.2 Å². The third-order valence-electron chi connectivity index (χ3n) is 2.23. The molecule has 0 spiro atoms. The van der Waals surface area contributed by atoms with Crippen molar-refractivity contribution in [2.45, 2.75) is 25.4 Å². The minimum atomic E-state index is -4.33. The van der Waals surface area contributed by atoms with Gasteiger partial charge in [-0.1, -0.05) is 30.0 Å². The summed E-state index contributed by atoms with van der Waals surface area (Å²) in [4.78, 5) is 0. The molecule has 0 bridgehead atoms. The maximum absolute atomic E-state index is 12.1. The summed E-state index contributed by atoms with van der Waals surface area (Å²) in [5.41, 5.74) is 0.993. The summed E-state index contributed by atoms with van der Waals surface area (Å²) in [6, 6.07) is 8.66. The lowest BCUT2D eigenvalue weighted by molar-refractivity contribution is -0.0790. The van der Waals surface area contributed by atoms with Crippen LogP contribution in [-0.2, 0) is 0 Å². The highest BCUT2D eigenvalue weighted by Crippen LogP contribution is 2.19. The van der Waals surface area contributed by atoms with Gasteiger partial charge in [0.05, 0.1) is 6.07 Å². The number of unbranched alkanes of at least 4 members (excludes halogenated alkanes) is 2. The number of alkyl halides is 3. The van der Waals surface area contributed by atoms with E-state index in [4.69, 9.17) is 5.26 Å². The lowest BCUT2D eigenvalue weighted by Crippen LogP contribution is -2.00. The van der Waals surface area contributed by atoms with Crippen LogP contribution in [0.2, 0.25) is 0 Å². The minimum absolute atomic E-state index is 0.198. The Morgan fingerprint density at radius 3 is 2.58 bits per heavy atom. The molecule has 0 aliphatic heterocycles. The largest absolute Gasteiger partial charge is 0.409 e. The number of hydrogen-bond donors (Lipinski definition) is 0. The molecule has 0 aromatic heterocycles. The first-order valence-corrected chi connectivity index (χ1v) is 5.74. The highest BCUT2D eigenvalue weighted by Gasteiger charge is 2.21. The Kier molecular flexibility index (Phi) is 5.70. The van der Waals surface area contributed by atoms with Gasteiger partial charge in [-0.3, -0.25) is 0 Å². The van der Waals surface area contributed by atoms with Crippen molar-refractivity contribution in [3.8, 4) is 17.9 Å². The molecule has 19 heavy (non-hydrogen) atoms. The molecule has 98 valence electrons. The fraction of sp³-hybridized carbons (Fsp3) is 0.267. The second kappa shape index (κ2) is 7.28. The van der Waals surface area contributed by atoms with E-state index >= 15 is 0 Å². The summed E-state index contributed by atoms with van der Waals surface area (Å²) in [6.45, 7) is 0. The van der Waals surface area contributed by atoms with Gasteiger partial charge in [0, 0.05) is 24.5 Å². The first kappa shape index (κ1) is 14.9. The van der Waals surface area contributed by atoms with E-state index in [0.717, 1.165) is 6.08 Å². The number of nitrogens with zero attached hydrogens (tertiary/aromatic N) is 1. The molecule has 0 aliphatic carbocycles. The van der Waals surface area contributed by atoms with E-state index in [2.05, 4.69) is 11.8 Å². The van der Waals surface area contributed by atoms with Crippen LogP contribution in [0.5, 0.6) is 0 Å². The molecule has 0 unspecified atom stereocenters. The van der Waals surface area contributed by atoms with Crippen molar-refractivity contribution >= 4 is 6.08 Å². The normalized spacial score (nSPS) is 10.8. The number of allylic oxidation sites excluding steroid dienone is 1. The summed E-state index contributed by atoms with van der Waals surface area (Å²) in [5, 5.41) is 8.36. The molecule has 1 aromatic rings. The van der Waals surface area contributed by atoms with Crippen molar-refractivity contribution in [1.29, 1.82) is 5.26 Å². The zero-order valence-electron chi connectivity index (χ0n) is 10.2. The summed E-state index contributed by atoms with van der Waals surface area (Å²) in [6.07, 6.45) is -1.45. The van der Waals surface area contributed by atoms with E-state index in [0.29, 0.717) is 30.4 Å². The molecule has 0 radical (unpaired) electrons. The Morgan fingerprint density at radius 2 is 1.89 bits per heavy atom. The quantitative estimate of drug-likeness (QED) is 0.589. The van der Waals surface area contributed by atoms with Gasteiger partial charge < -0.3 is 0 Å². The van der Waals surface area contributed by atoms with Gasteiger partial charge in [0.25, 0.3) is 0 Å². The SMILES string of the molecule is N#CCCCC#Cc1ccccc1/C=C\C(F)(F)F. The van der Waals surface area contributed by atoms with Crippen LogP contribution in [0.1, 0.15) is 30.4 Å². The van der Waals surface area contributed by atoms with Crippen LogP contribution >= 0.6 is 0 Å². The molecule has 0 atom stereocenters. The van der Waals surface area contributed by atoms with Gasteiger partial charge >= 0.3 is 6.18 Å². The average Bonchev–Trinajstić information content (AvgIpc) is 2.36. The van der Waals surface area contributed by atoms with E-state index in [1.165, 1.54) is 0 Å². The molecule has 1 aromatic carbocycles. The van der Waals surface area contributed by atoms with Gasteiger partial charge in [-0.25, -0.2) is 0 Å². The first-order chi connectivity index (χ1) is 9.03. The molecule has 1 nitrogen and oxygen atoms in total. The number of halogens is 3. The number of benzene rings is 1. The van der Waals surface area contributed by atoms with Crippen LogP contribution < -0.4 is 0 Å². The zero-order chi connectivity index (χ0) is 14.1. The number of hydrogen-bond acceptors (Lipinski definition) is 1. The number of rotatable bonds is 3. The van der Waals surface area contributed by atoms with E-state index in [-0.39, 0.29) is 6.08 Å². The second-order valence-electron chi connectivity index (χ2n) is 3.78. The molecule has 0 N–H and O–H groups in total.